The molecule has 0 aromatic rings. The van der Waals surface area contributed by atoms with E-state index in [2.05, 4.69) is 10.4 Å². The van der Waals surface area contributed by atoms with Crippen molar-refractivity contribution < 1.29 is 24.4 Å². The molecule has 4 amide bonds. The van der Waals surface area contributed by atoms with E-state index in [9.17, 15) is 24.4 Å². The summed E-state index contributed by atoms with van der Waals surface area (Å²) in [7, 11) is 1.69. The first-order chi connectivity index (χ1) is 14.8. The van der Waals surface area contributed by atoms with Crippen LogP contribution in [0.3, 0.4) is 0 Å². The minimum atomic E-state index is -0.723. The summed E-state index contributed by atoms with van der Waals surface area (Å²) in [5, 5.41) is 18.4. The molecule has 10 nitrogen and oxygen atoms in total. The zero-order chi connectivity index (χ0) is 22.5. The van der Waals surface area contributed by atoms with Crippen molar-refractivity contribution in [2.24, 2.45) is 16.9 Å². The molecule has 1 aliphatic carbocycles. The van der Waals surface area contributed by atoms with Crippen LogP contribution in [0.5, 0.6) is 0 Å². The first-order valence-corrected chi connectivity index (χ1v) is 11.1. The number of carbonyl (C=O) groups is 4. The lowest BCUT2D eigenvalue weighted by molar-refractivity contribution is -0.158. The highest BCUT2D eigenvalue weighted by Gasteiger charge is 2.40. The van der Waals surface area contributed by atoms with Gasteiger partial charge in [-0.05, 0) is 32.1 Å². The normalized spacial score (nSPS) is 24.8. The molecule has 0 radical (unpaired) electrons. The van der Waals surface area contributed by atoms with Crippen LogP contribution in [0.1, 0.15) is 58.3 Å². The predicted molar refractivity (Wildman–Crippen MR) is 112 cm³/mol. The minimum Gasteiger partial charge on any atom is -0.330 e. The average Bonchev–Trinajstić information content (AvgIpc) is 3.47. The van der Waals surface area contributed by atoms with Gasteiger partial charge in [0.1, 0.15) is 12.1 Å². The molecule has 31 heavy (non-hydrogen) atoms. The average molecular weight is 436 g/mol. The molecule has 1 saturated carbocycles. The van der Waals surface area contributed by atoms with Crippen molar-refractivity contribution in [1.29, 1.82) is 0 Å². The molecule has 172 valence electrons. The molecule has 0 aromatic heterocycles. The second-order valence-electron chi connectivity index (χ2n) is 8.98. The fourth-order valence-corrected chi connectivity index (χ4v) is 5.05. The highest BCUT2D eigenvalue weighted by molar-refractivity contribution is 6.03. The maximum Gasteiger partial charge on any atom is 0.251 e. The van der Waals surface area contributed by atoms with Crippen molar-refractivity contribution in [2.75, 3.05) is 20.1 Å². The van der Waals surface area contributed by atoms with Crippen LogP contribution in [0.15, 0.2) is 5.10 Å². The Morgan fingerprint density at radius 1 is 1.19 bits per heavy atom. The molecule has 3 rings (SSSR count). The zero-order valence-corrected chi connectivity index (χ0v) is 18.3. The van der Waals surface area contributed by atoms with Gasteiger partial charge in [0.05, 0.1) is 12.5 Å². The first kappa shape index (κ1) is 23.2. The third-order valence-corrected chi connectivity index (χ3v) is 6.63. The van der Waals surface area contributed by atoms with Gasteiger partial charge in [-0.3, -0.25) is 34.7 Å². The van der Waals surface area contributed by atoms with Crippen molar-refractivity contribution >= 4 is 29.8 Å². The van der Waals surface area contributed by atoms with E-state index in [0.717, 1.165) is 31.4 Å². The molecule has 2 aliphatic heterocycles. The Morgan fingerprint density at radius 2 is 1.87 bits per heavy atom. The summed E-state index contributed by atoms with van der Waals surface area (Å²) in [5.74, 6) is -1.33. The van der Waals surface area contributed by atoms with E-state index in [1.54, 1.807) is 12.1 Å². The lowest BCUT2D eigenvalue weighted by atomic mass is 9.91. The monoisotopic (exact) mass is 435 g/mol. The molecule has 2 fully saturated rings. The van der Waals surface area contributed by atoms with E-state index in [-0.39, 0.29) is 12.5 Å². The van der Waals surface area contributed by atoms with Crippen LogP contribution in [0.4, 0.5) is 0 Å². The van der Waals surface area contributed by atoms with Gasteiger partial charge in [-0.2, -0.15) is 5.10 Å². The SMILES string of the molecule is CC1=NN(C)C(C(=O)NC(=O)[C@@H]2CCCN2C(=O)[C@H](CC2CCCC2)CN(O)C=O)C1. The predicted octanol–water partition coefficient (Wildman–Crippen LogP) is 0.744. The van der Waals surface area contributed by atoms with E-state index in [0.29, 0.717) is 49.6 Å². The number of rotatable bonds is 8. The Morgan fingerprint density at radius 3 is 2.48 bits per heavy atom. The maximum absolute atomic E-state index is 13.3. The van der Waals surface area contributed by atoms with Crippen molar-refractivity contribution in [2.45, 2.75) is 70.4 Å². The second-order valence-corrected chi connectivity index (χ2v) is 8.98. The molecule has 3 atom stereocenters. The van der Waals surface area contributed by atoms with E-state index >= 15 is 0 Å². The molecular weight excluding hydrogens is 402 g/mol. The number of hydrazone groups is 1. The second kappa shape index (κ2) is 10.2. The third-order valence-electron chi connectivity index (χ3n) is 6.63. The van der Waals surface area contributed by atoms with Crippen LogP contribution in [-0.4, -0.2) is 82.2 Å². The third kappa shape index (κ3) is 5.61. The summed E-state index contributed by atoms with van der Waals surface area (Å²) in [6, 6.07) is -1.25. The number of nitrogens with zero attached hydrogens (tertiary/aromatic N) is 4. The largest absolute Gasteiger partial charge is 0.330 e. The number of hydroxylamine groups is 2. The van der Waals surface area contributed by atoms with Gasteiger partial charge in [0, 0.05) is 25.7 Å². The van der Waals surface area contributed by atoms with Crippen LogP contribution >= 0.6 is 0 Å². The summed E-state index contributed by atoms with van der Waals surface area (Å²) in [4.78, 5) is 51.2. The standard InChI is InChI=1S/C21H33N5O5/c1-14-10-18(24(2)23-14)20(29)22-19(28)17-8-5-9-26(17)21(30)16(12-25(31)13-27)11-15-6-3-4-7-15/h13,15-18,31H,3-12H2,1-2H3,(H,22,28,29)/t16-,17+,18?/m1/s1. The summed E-state index contributed by atoms with van der Waals surface area (Å²) in [6.07, 6.45) is 6.79. The summed E-state index contributed by atoms with van der Waals surface area (Å²) in [5.41, 5.74) is 0.825. The number of likely N-dealkylation sites (tertiary alicyclic amines) is 1. The van der Waals surface area contributed by atoms with Gasteiger partial charge < -0.3 is 4.90 Å². The van der Waals surface area contributed by atoms with Crippen LogP contribution in [0.2, 0.25) is 0 Å². The highest BCUT2D eigenvalue weighted by Crippen LogP contribution is 2.32. The molecule has 1 saturated heterocycles. The van der Waals surface area contributed by atoms with Crippen LogP contribution in [0, 0.1) is 11.8 Å². The van der Waals surface area contributed by atoms with Crippen molar-refractivity contribution in [3.63, 3.8) is 0 Å². The molecular formula is C21H33N5O5. The molecule has 1 unspecified atom stereocenters. The quantitative estimate of drug-likeness (QED) is 0.251. The van der Waals surface area contributed by atoms with E-state index in [4.69, 9.17) is 0 Å². The van der Waals surface area contributed by atoms with Crippen molar-refractivity contribution in [3.8, 4) is 0 Å². The fraction of sp³-hybridized carbons (Fsp3) is 0.762. The van der Waals surface area contributed by atoms with E-state index in [1.165, 1.54) is 4.90 Å². The van der Waals surface area contributed by atoms with Gasteiger partial charge in [-0.25, -0.2) is 5.06 Å². The molecule has 0 aromatic carbocycles. The van der Waals surface area contributed by atoms with Gasteiger partial charge >= 0.3 is 0 Å². The fourth-order valence-electron chi connectivity index (χ4n) is 5.05. The number of carbonyl (C=O) groups excluding carboxylic acids is 4. The molecule has 10 heteroatoms. The number of nitrogens with one attached hydrogen (secondary N) is 1. The van der Waals surface area contributed by atoms with Crippen molar-refractivity contribution in [1.82, 2.24) is 20.3 Å². The van der Waals surface area contributed by atoms with Gasteiger partial charge in [-0.15, -0.1) is 0 Å². The highest BCUT2D eigenvalue weighted by atomic mass is 16.5. The Kier molecular flexibility index (Phi) is 7.64. The number of hydrogen-bond acceptors (Lipinski definition) is 7. The molecule has 0 spiro atoms. The number of hydrogen-bond donors (Lipinski definition) is 2. The Labute approximate surface area is 182 Å². The Balaban J connectivity index is 1.64. The lowest BCUT2D eigenvalue weighted by Gasteiger charge is -2.30. The van der Waals surface area contributed by atoms with Crippen LogP contribution < -0.4 is 5.32 Å². The zero-order valence-electron chi connectivity index (χ0n) is 18.3. The maximum atomic E-state index is 13.3. The minimum absolute atomic E-state index is 0.0912. The summed E-state index contributed by atoms with van der Waals surface area (Å²) in [6.45, 7) is 2.16. The molecule has 2 N–H and O–H groups in total. The Bertz CT molecular complexity index is 736. The van der Waals surface area contributed by atoms with E-state index in [1.807, 2.05) is 6.92 Å². The molecule has 3 aliphatic rings. The number of amides is 4. The topological polar surface area (TPSA) is 123 Å². The molecule has 0 bridgehead atoms. The number of imide groups is 1. The van der Waals surface area contributed by atoms with Crippen LogP contribution in [0.25, 0.3) is 0 Å². The van der Waals surface area contributed by atoms with Gasteiger partial charge in [0.25, 0.3) is 5.91 Å². The van der Waals surface area contributed by atoms with E-state index < -0.39 is 29.8 Å². The molecule has 2 heterocycles. The number of likely N-dealkylation sites (N-methyl/N-ethyl adjacent to an activating group) is 1. The summed E-state index contributed by atoms with van der Waals surface area (Å²) >= 11 is 0. The van der Waals surface area contributed by atoms with Crippen molar-refractivity contribution in [3.05, 3.63) is 0 Å². The summed E-state index contributed by atoms with van der Waals surface area (Å²) < 4.78 is 0. The van der Waals surface area contributed by atoms with Gasteiger partial charge in [-0.1, -0.05) is 25.7 Å². The smallest absolute Gasteiger partial charge is 0.251 e. The lowest BCUT2D eigenvalue weighted by Crippen LogP contribution is -2.53. The van der Waals surface area contributed by atoms with Crippen LogP contribution in [-0.2, 0) is 19.2 Å². The Hall–Kier alpha value is -2.49. The van der Waals surface area contributed by atoms with Gasteiger partial charge in [0.15, 0.2) is 0 Å². The first-order valence-electron chi connectivity index (χ1n) is 11.1. The van der Waals surface area contributed by atoms with Gasteiger partial charge in [0.2, 0.25) is 18.2 Å².